The molecule has 0 aliphatic heterocycles. The first-order valence-electron chi connectivity index (χ1n) is 4.84. The number of halogens is 1. The van der Waals surface area contributed by atoms with Gasteiger partial charge in [-0.25, -0.2) is 9.97 Å². The summed E-state index contributed by atoms with van der Waals surface area (Å²) < 4.78 is 5.72. The lowest BCUT2D eigenvalue weighted by Gasteiger charge is -2.04. The van der Waals surface area contributed by atoms with E-state index < -0.39 is 0 Å². The van der Waals surface area contributed by atoms with Crippen LogP contribution in [0.3, 0.4) is 0 Å². The van der Waals surface area contributed by atoms with Gasteiger partial charge < -0.3 is 4.74 Å². The maximum Gasteiger partial charge on any atom is 0.197 e. The molecule has 0 unspecified atom stereocenters. The summed E-state index contributed by atoms with van der Waals surface area (Å²) in [6, 6.07) is 9.74. The average Bonchev–Trinajstić information content (AvgIpc) is 2.28. The van der Waals surface area contributed by atoms with Gasteiger partial charge in [0.05, 0.1) is 12.8 Å². The number of methoxy groups -OCH3 is 1. The number of hydrogen-bond donors (Lipinski definition) is 0. The predicted molar refractivity (Wildman–Crippen MR) is 66.5 cm³/mol. The van der Waals surface area contributed by atoms with Gasteiger partial charge in [-0.2, -0.15) is 0 Å². The molecule has 0 atom stereocenters. The maximum atomic E-state index is 5.11. The van der Waals surface area contributed by atoms with Crippen LogP contribution in [0.1, 0.15) is 5.69 Å². The lowest BCUT2D eigenvalue weighted by molar-refractivity contribution is 0.415. The van der Waals surface area contributed by atoms with Crippen LogP contribution >= 0.6 is 15.9 Å². The Morgan fingerprint density at radius 1 is 1.12 bits per heavy atom. The average molecular weight is 279 g/mol. The molecule has 0 radical (unpaired) electrons. The molecule has 0 aliphatic rings. The molecule has 4 heteroatoms. The first-order valence-corrected chi connectivity index (χ1v) is 5.64. The summed E-state index contributed by atoms with van der Waals surface area (Å²) in [5.41, 5.74) is 2.89. The Hall–Kier alpha value is -1.42. The SMILES string of the molecule is COc1ccc(-c2cc(C)nc(Br)n2)cc1. The zero-order valence-corrected chi connectivity index (χ0v) is 10.7. The minimum Gasteiger partial charge on any atom is -0.497 e. The number of nitrogens with zero attached hydrogens (tertiary/aromatic N) is 2. The molecule has 2 aromatic rings. The van der Waals surface area contributed by atoms with Crippen molar-refractivity contribution >= 4 is 15.9 Å². The number of hydrogen-bond acceptors (Lipinski definition) is 3. The Morgan fingerprint density at radius 3 is 2.38 bits per heavy atom. The third-order valence-corrected chi connectivity index (χ3v) is 2.57. The molecule has 0 N–H and O–H groups in total. The van der Waals surface area contributed by atoms with Crippen LogP contribution in [-0.2, 0) is 0 Å². The normalized spacial score (nSPS) is 10.2. The van der Waals surface area contributed by atoms with E-state index in [0.717, 1.165) is 22.7 Å². The van der Waals surface area contributed by atoms with E-state index in [1.807, 2.05) is 37.3 Å². The Morgan fingerprint density at radius 2 is 1.81 bits per heavy atom. The van der Waals surface area contributed by atoms with E-state index >= 15 is 0 Å². The number of aryl methyl sites for hydroxylation is 1. The van der Waals surface area contributed by atoms with Crippen LogP contribution in [-0.4, -0.2) is 17.1 Å². The van der Waals surface area contributed by atoms with Crippen LogP contribution < -0.4 is 4.74 Å². The highest BCUT2D eigenvalue weighted by atomic mass is 79.9. The smallest absolute Gasteiger partial charge is 0.197 e. The van der Waals surface area contributed by atoms with Crippen molar-refractivity contribution in [3.63, 3.8) is 0 Å². The molecule has 82 valence electrons. The second kappa shape index (κ2) is 4.61. The molecule has 0 spiro atoms. The highest BCUT2D eigenvalue weighted by Gasteiger charge is 2.03. The fraction of sp³-hybridized carbons (Fsp3) is 0.167. The Kier molecular flexibility index (Phi) is 3.19. The van der Waals surface area contributed by atoms with Crippen molar-refractivity contribution < 1.29 is 4.74 Å². The summed E-state index contributed by atoms with van der Waals surface area (Å²) in [6.07, 6.45) is 0. The van der Waals surface area contributed by atoms with E-state index in [9.17, 15) is 0 Å². The molecule has 3 nitrogen and oxygen atoms in total. The van der Waals surface area contributed by atoms with Crippen LogP contribution in [0.25, 0.3) is 11.3 Å². The molecule has 0 amide bonds. The Labute approximate surface area is 103 Å². The summed E-state index contributed by atoms with van der Waals surface area (Å²) in [4.78, 5) is 8.50. The van der Waals surface area contributed by atoms with Gasteiger partial charge in [-0.15, -0.1) is 0 Å². The number of rotatable bonds is 2. The molecule has 0 bridgehead atoms. The number of benzene rings is 1. The number of aromatic nitrogens is 2. The van der Waals surface area contributed by atoms with Gasteiger partial charge in [0.1, 0.15) is 5.75 Å². The second-order valence-electron chi connectivity index (χ2n) is 3.39. The standard InChI is InChI=1S/C12H11BrN2O/c1-8-7-11(15-12(13)14-8)9-3-5-10(16-2)6-4-9/h3-7H,1-2H3. The van der Waals surface area contributed by atoms with Crippen LogP contribution in [0.15, 0.2) is 35.1 Å². The molecular formula is C12H11BrN2O. The first kappa shape index (κ1) is 11.1. The lowest BCUT2D eigenvalue weighted by atomic mass is 10.1. The maximum absolute atomic E-state index is 5.11. The van der Waals surface area contributed by atoms with Crippen molar-refractivity contribution in [2.75, 3.05) is 7.11 Å². The molecule has 1 heterocycles. The van der Waals surface area contributed by atoms with Crippen molar-refractivity contribution in [1.82, 2.24) is 9.97 Å². The molecule has 0 aliphatic carbocycles. The van der Waals surface area contributed by atoms with Crippen molar-refractivity contribution in [3.8, 4) is 17.0 Å². The predicted octanol–water partition coefficient (Wildman–Crippen LogP) is 3.22. The summed E-state index contributed by atoms with van der Waals surface area (Å²) in [5, 5.41) is 0. The zero-order chi connectivity index (χ0) is 11.5. The van der Waals surface area contributed by atoms with Crippen LogP contribution in [0, 0.1) is 6.92 Å². The van der Waals surface area contributed by atoms with Gasteiger partial charge in [0.15, 0.2) is 4.73 Å². The Balaban J connectivity index is 2.42. The van der Waals surface area contributed by atoms with Crippen molar-refractivity contribution in [2.45, 2.75) is 6.92 Å². The topological polar surface area (TPSA) is 35.0 Å². The van der Waals surface area contributed by atoms with Gasteiger partial charge in [0, 0.05) is 11.3 Å². The van der Waals surface area contributed by atoms with E-state index in [1.54, 1.807) is 7.11 Å². The van der Waals surface area contributed by atoms with Crippen LogP contribution in [0.4, 0.5) is 0 Å². The van der Waals surface area contributed by atoms with Crippen molar-refractivity contribution in [3.05, 3.63) is 40.8 Å². The third-order valence-electron chi connectivity index (χ3n) is 2.21. The van der Waals surface area contributed by atoms with Crippen molar-refractivity contribution in [2.24, 2.45) is 0 Å². The summed E-state index contributed by atoms with van der Waals surface area (Å²) >= 11 is 3.29. The van der Waals surface area contributed by atoms with Gasteiger partial charge in [-0.3, -0.25) is 0 Å². The molecule has 16 heavy (non-hydrogen) atoms. The Bertz CT molecular complexity index is 477. The monoisotopic (exact) mass is 278 g/mol. The van der Waals surface area contributed by atoms with Crippen molar-refractivity contribution in [1.29, 1.82) is 0 Å². The summed E-state index contributed by atoms with van der Waals surface area (Å²) in [7, 11) is 1.65. The first-order chi connectivity index (χ1) is 7.69. The van der Waals surface area contributed by atoms with E-state index in [4.69, 9.17) is 4.74 Å². The van der Waals surface area contributed by atoms with Gasteiger partial charge in [0.25, 0.3) is 0 Å². The summed E-state index contributed by atoms with van der Waals surface area (Å²) in [6.45, 7) is 1.94. The quantitative estimate of drug-likeness (QED) is 0.792. The minimum atomic E-state index is 0.610. The van der Waals surface area contributed by atoms with Crippen LogP contribution in [0.2, 0.25) is 0 Å². The highest BCUT2D eigenvalue weighted by molar-refractivity contribution is 9.10. The fourth-order valence-corrected chi connectivity index (χ4v) is 1.91. The van der Waals surface area contributed by atoms with Crippen LogP contribution in [0.5, 0.6) is 5.75 Å². The van der Waals surface area contributed by atoms with Gasteiger partial charge in [-0.1, -0.05) is 0 Å². The molecule has 1 aromatic heterocycles. The van der Waals surface area contributed by atoms with E-state index in [2.05, 4.69) is 25.9 Å². The second-order valence-corrected chi connectivity index (χ2v) is 4.10. The molecule has 0 saturated carbocycles. The highest BCUT2D eigenvalue weighted by Crippen LogP contribution is 2.22. The largest absolute Gasteiger partial charge is 0.497 e. The van der Waals surface area contributed by atoms with Gasteiger partial charge in [0.2, 0.25) is 0 Å². The van der Waals surface area contributed by atoms with Gasteiger partial charge in [-0.05, 0) is 53.2 Å². The van der Waals surface area contributed by atoms with E-state index in [0.29, 0.717) is 4.73 Å². The molecule has 0 fully saturated rings. The van der Waals surface area contributed by atoms with Gasteiger partial charge >= 0.3 is 0 Å². The fourth-order valence-electron chi connectivity index (χ4n) is 1.44. The molecular weight excluding hydrogens is 268 g/mol. The van der Waals surface area contributed by atoms with E-state index in [1.165, 1.54) is 0 Å². The number of ether oxygens (including phenoxy) is 1. The lowest BCUT2D eigenvalue weighted by Crippen LogP contribution is -1.91. The summed E-state index contributed by atoms with van der Waals surface area (Å²) in [5.74, 6) is 0.841. The minimum absolute atomic E-state index is 0.610. The van der Waals surface area contributed by atoms with E-state index in [-0.39, 0.29) is 0 Å². The molecule has 2 rings (SSSR count). The zero-order valence-electron chi connectivity index (χ0n) is 9.07. The molecule has 1 aromatic carbocycles. The molecule has 0 saturated heterocycles. The third kappa shape index (κ3) is 2.39.